The number of nitrogens with one attached hydrogen (secondary N) is 1. The highest BCUT2D eigenvalue weighted by Crippen LogP contribution is 2.10. The molecule has 1 amide bonds. The minimum Gasteiger partial charge on any atom is -0.352 e. The zero-order chi connectivity index (χ0) is 12.8. The average molecular weight is 238 g/mol. The highest BCUT2D eigenvalue weighted by molar-refractivity contribution is 5.76. The van der Waals surface area contributed by atoms with E-state index in [4.69, 9.17) is 5.73 Å². The summed E-state index contributed by atoms with van der Waals surface area (Å²) in [6.45, 7) is 4.48. The molecule has 1 aromatic carbocycles. The van der Waals surface area contributed by atoms with Gasteiger partial charge < -0.3 is 11.1 Å². The molecule has 0 fully saturated rings. The summed E-state index contributed by atoms with van der Waals surface area (Å²) in [7, 11) is 0. The molecule has 0 aliphatic carbocycles. The summed E-state index contributed by atoms with van der Waals surface area (Å²) >= 11 is 0. The Balaban J connectivity index is 2.55. The molecule has 17 heavy (non-hydrogen) atoms. The molecule has 0 radical (unpaired) electrons. The highest BCUT2D eigenvalue weighted by atomic mass is 19.1. The minimum atomic E-state index is -0.321. The topological polar surface area (TPSA) is 55.1 Å². The molecule has 94 valence electrons. The van der Waals surface area contributed by atoms with Gasteiger partial charge in [0, 0.05) is 25.1 Å². The molecule has 0 aromatic heterocycles. The van der Waals surface area contributed by atoms with Crippen molar-refractivity contribution >= 4 is 5.91 Å². The largest absolute Gasteiger partial charge is 0.352 e. The fourth-order valence-electron chi connectivity index (χ4n) is 1.50. The predicted molar refractivity (Wildman–Crippen MR) is 65.6 cm³/mol. The van der Waals surface area contributed by atoms with Crippen molar-refractivity contribution in [3.8, 4) is 0 Å². The molecule has 0 aliphatic heterocycles. The van der Waals surface area contributed by atoms with Crippen LogP contribution in [-0.4, -0.2) is 5.91 Å². The summed E-state index contributed by atoms with van der Waals surface area (Å²) in [5.41, 5.74) is 6.64. The van der Waals surface area contributed by atoms with Crippen LogP contribution in [0.15, 0.2) is 18.2 Å². The van der Waals surface area contributed by atoms with E-state index < -0.39 is 0 Å². The number of amides is 1. The Kier molecular flexibility index (Phi) is 5.10. The number of carbonyl (C=O) groups excluding carboxylic acids is 1. The lowest BCUT2D eigenvalue weighted by atomic mass is 10.1. The third-order valence-corrected chi connectivity index (χ3v) is 2.42. The molecule has 3 nitrogen and oxygen atoms in total. The molecule has 0 bridgehead atoms. The van der Waals surface area contributed by atoms with Crippen LogP contribution in [0.4, 0.5) is 4.39 Å². The van der Waals surface area contributed by atoms with Gasteiger partial charge in [0.2, 0.25) is 5.91 Å². The van der Waals surface area contributed by atoms with E-state index in [1.807, 2.05) is 13.8 Å². The monoisotopic (exact) mass is 238 g/mol. The van der Waals surface area contributed by atoms with Crippen LogP contribution in [0, 0.1) is 11.7 Å². The summed E-state index contributed by atoms with van der Waals surface area (Å²) in [5.74, 6) is -0.0699. The Hall–Kier alpha value is -1.42. The summed E-state index contributed by atoms with van der Waals surface area (Å²) in [6, 6.07) is 4.84. The van der Waals surface area contributed by atoms with Gasteiger partial charge in [-0.2, -0.15) is 0 Å². The van der Waals surface area contributed by atoms with E-state index in [9.17, 15) is 9.18 Å². The van der Waals surface area contributed by atoms with Crippen LogP contribution in [0.5, 0.6) is 0 Å². The molecule has 0 aliphatic rings. The smallest absolute Gasteiger partial charge is 0.220 e. The van der Waals surface area contributed by atoms with Crippen molar-refractivity contribution in [1.82, 2.24) is 5.32 Å². The van der Waals surface area contributed by atoms with Gasteiger partial charge >= 0.3 is 0 Å². The average Bonchev–Trinajstić information content (AvgIpc) is 2.26. The van der Waals surface area contributed by atoms with E-state index in [0.29, 0.717) is 24.4 Å². The molecule has 1 aromatic rings. The van der Waals surface area contributed by atoms with Crippen LogP contribution in [0.3, 0.4) is 0 Å². The Labute approximate surface area is 101 Å². The SMILES string of the molecule is CC(C)CC(=O)NCc1ccc(CN)cc1F. The summed E-state index contributed by atoms with van der Waals surface area (Å²) < 4.78 is 13.5. The van der Waals surface area contributed by atoms with E-state index in [1.54, 1.807) is 12.1 Å². The number of carbonyl (C=O) groups is 1. The fraction of sp³-hybridized carbons (Fsp3) is 0.462. The van der Waals surface area contributed by atoms with Crippen LogP contribution in [-0.2, 0) is 17.9 Å². The summed E-state index contributed by atoms with van der Waals surface area (Å²) in [6.07, 6.45) is 0.461. The van der Waals surface area contributed by atoms with Gasteiger partial charge in [0.15, 0.2) is 0 Å². The second kappa shape index (κ2) is 6.35. The maximum atomic E-state index is 13.5. The van der Waals surface area contributed by atoms with Gasteiger partial charge in [-0.25, -0.2) is 4.39 Å². The second-order valence-corrected chi connectivity index (χ2v) is 4.50. The van der Waals surface area contributed by atoms with Gasteiger partial charge in [-0.1, -0.05) is 26.0 Å². The van der Waals surface area contributed by atoms with Crippen LogP contribution in [0.1, 0.15) is 31.4 Å². The van der Waals surface area contributed by atoms with E-state index >= 15 is 0 Å². The van der Waals surface area contributed by atoms with E-state index in [2.05, 4.69) is 5.32 Å². The Bertz CT molecular complexity index is 391. The van der Waals surface area contributed by atoms with Gasteiger partial charge in [-0.15, -0.1) is 0 Å². The lowest BCUT2D eigenvalue weighted by Crippen LogP contribution is -2.24. The third-order valence-electron chi connectivity index (χ3n) is 2.42. The Morgan fingerprint density at radius 2 is 2.18 bits per heavy atom. The maximum absolute atomic E-state index is 13.5. The molecule has 0 unspecified atom stereocenters. The molecule has 3 N–H and O–H groups in total. The van der Waals surface area contributed by atoms with Gasteiger partial charge in [0.05, 0.1) is 0 Å². The molecule has 1 rings (SSSR count). The zero-order valence-electron chi connectivity index (χ0n) is 10.3. The van der Waals surface area contributed by atoms with Crippen LogP contribution >= 0.6 is 0 Å². The number of nitrogens with two attached hydrogens (primary N) is 1. The number of halogens is 1. The Morgan fingerprint density at radius 1 is 1.47 bits per heavy atom. The summed E-state index contributed by atoms with van der Waals surface area (Å²) in [4.78, 5) is 11.4. The van der Waals surface area contributed by atoms with Crippen molar-refractivity contribution < 1.29 is 9.18 Å². The fourth-order valence-corrected chi connectivity index (χ4v) is 1.50. The first-order valence-corrected chi connectivity index (χ1v) is 5.77. The standard InChI is InChI=1S/C13H19FN2O/c1-9(2)5-13(17)16-8-11-4-3-10(7-15)6-12(11)14/h3-4,6,9H,5,7-8,15H2,1-2H3,(H,16,17). The van der Waals surface area contributed by atoms with Crippen molar-refractivity contribution in [2.75, 3.05) is 0 Å². The number of hydrogen-bond donors (Lipinski definition) is 2. The zero-order valence-corrected chi connectivity index (χ0v) is 10.3. The van der Waals surface area contributed by atoms with Gasteiger partial charge in [-0.3, -0.25) is 4.79 Å². The summed E-state index contributed by atoms with van der Waals surface area (Å²) in [5, 5.41) is 2.70. The van der Waals surface area contributed by atoms with Crippen molar-refractivity contribution in [3.63, 3.8) is 0 Å². The molecule has 0 heterocycles. The maximum Gasteiger partial charge on any atom is 0.220 e. The first-order valence-electron chi connectivity index (χ1n) is 5.77. The van der Waals surface area contributed by atoms with Crippen LogP contribution in [0.2, 0.25) is 0 Å². The van der Waals surface area contributed by atoms with Crippen molar-refractivity contribution in [1.29, 1.82) is 0 Å². The van der Waals surface area contributed by atoms with Crippen LogP contribution in [0.25, 0.3) is 0 Å². The first kappa shape index (κ1) is 13.6. The molecular formula is C13H19FN2O. The molecule has 0 atom stereocenters. The third kappa shape index (κ3) is 4.53. The van der Waals surface area contributed by atoms with Crippen molar-refractivity contribution in [2.24, 2.45) is 11.7 Å². The molecule has 0 saturated carbocycles. The normalized spacial score (nSPS) is 10.6. The van der Waals surface area contributed by atoms with Crippen LogP contribution < -0.4 is 11.1 Å². The lowest BCUT2D eigenvalue weighted by molar-refractivity contribution is -0.121. The number of hydrogen-bond acceptors (Lipinski definition) is 2. The van der Waals surface area contributed by atoms with Gasteiger partial charge in [-0.05, 0) is 17.5 Å². The lowest BCUT2D eigenvalue weighted by Gasteiger charge is -2.08. The Morgan fingerprint density at radius 3 is 2.71 bits per heavy atom. The molecule has 4 heteroatoms. The van der Waals surface area contributed by atoms with Crippen molar-refractivity contribution in [3.05, 3.63) is 35.1 Å². The second-order valence-electron chi connectivity index (χ2n) is 4.50. The number of rotatable bonds is 5. The van der Waals surface area contributed by atoms with Crippen molar-refractivity contribution in [2.45, 2.75) is 33.4 Å². The first-order chi connectivity index (χ1) is 8.02. The molecule has 0 saturated heterocycles. The van der Waals surface area contributed by atoms with Gasteiger partial charge in [0.25, 0.3) is 0 Å². The van der Waals surface area contributed by atoms with E-state index in [1.165, 1.54) is 6.07 Å². The van der Waals surface area contributed by atoms with E-state index in [-0.39, 0.29) is 18.3 Å². The number of benzene rings is 1. The van der Waals surface area contributed by atoms with E-state index in [0.717, 1.165) is 5.56 Å². The minimum absolute atomic E-state index is 0.0534. The molecular weight excluding hydrogens is 219 g/mol. The molecule has 0 spiro atoms. The predicted octanol–water partition coefficient (Wildman–Crippen LogP) is 1.95. The quantitative estimate of drug-likeness (QED) is 0.823. The van der Waals surface area contributed by atoms with Gasteiger partial charge in [0.1, 0.15) is 5.82 Å². The highest BCUT2D eigenvalue weighted by Gasteiger charge is 2.07.